The average molecular weight is 369 g/mol. The van der Waals surface area contributed by atoms with E-state index in [1.807, 2.05) is 0 Å². The zero-order valence-corrected chi connectivity index (χ0v) is 14.6. The average Bonchev–Trinajstić information content (AvgIpc) is 2.79. The Morgan fingerprint density at radius 1 is 1.42 bits per heavy atom. The molecule has 1 aromatic rings. The molecule has 0 aromatic heterocycles. The second kappa shape index (κ2) is 6.58. The van der Waals surface area contributed by atoms with Gasteiger partial charge in [-0.1, -0.05) is 11.8 Å². The molecular weight excluding hydrogens is 354 g/mol. The van der Waals surface area contributed by atoms with E-state index in [2.05, 4.69) is 0 Å². The van der Waals surface area contributed by atoms with Crippen molar-refractivity contribution in [1.29, 1.82) is 0 Å². The Labute approximate surface area is 145 Å². The van der Waals surface area contributed by atoms with Crippen LogP contribution >= 0.6 is 11.8 Å². The van der Waals surface area contributed by atoms with E-state index in [1.54, 1.807) is 30.5 Å². The molecule has 1 amide bonds. The topological polar surface area (TPSA) is 93.1 Å². The van der Waals surface area contributed by atoms with Crippen molar-refractivity contribution in [2.24, 2.45) is 0 Å². The summed E-state index contributed by atoms with van der Waals surface area (Å²) in [6.07, 6.45) is 0.605. The van der Waals surface area contributed by atoms with Crippen molar-refractivity contribution >= 4 is 34.4 Å². The molecule has 3 atom stereocenters. The van der Waals surface area contributed by atoms with Crippen LogP contribution in [0.25, 0.3) is 0 Å². The predicted octanol–water partition coefficient (Wildman–Crippen LogP) is 1.16. The number of aliphatic hydroxyl groups excluding tert-OH is 1. The fourth-order valence-electron chi connectivity index (χ4n) is 2.30. The molecule has 9 heteroatoms. The van der Waals surface area contributed by atoms with Gasteiger partial charge in [-0.3, -0.25) is 13.9 Å². The molecule has 1 fully saturated rings. The number of amides is 1. The molecule has 24 heavy (non-hydrogen) atoms. The molecule has 3 rings (SSSR count). The monoisotopic (exact) mass is 369 g/mol. The summed E-state index contributed by atoms with van der Waals surface area (Å²) in [6, 6.07) is 6.61. The van der Waals surface area contributed by atoms with Crippen molar-refractivity contribution in [3.8, 4) is 5.75 Å². The molecule has 0 aliphatic carbocycles. The summed E-state index contributed by atoms with van der Waals surface area (Å²) < 4.78 is 21.9. The van der Waals surface area contributed by atoms with Gasteiger partial charge in [-0.15, -0.1) is 0 Å². The van der Waals surface area contributed by atoms with E-state index < -0.39 is 23.1 Å². The summed E-state index contributed by atoms with van der Waals surface area (Å²) in [6.45, 7) is 1.31. The first-order chi connectivity index (χ1) is 11.4. The fourth-order valence-corrected chi connectivity index (χ4v) is 4.06. The number of thioether (sulfide) groups is 1. The third-order valence-electron chi connectivity index (χ3n) is 3.42. The molecule has 0 bridgehead atoms. The first kappa shape index (κ1) is 17.0. The maximum absolute atomic E-state index is 12.2. The molecule has 0 spiro atoms. The SMILES string of the molecule is C[C@H](O)OC(=O)C1=C(Oc2ccc(S(C)=O)cc2)S[C@@H]2CC(=O)N12. The molecule has 2 aliphatic rings. The number of rotatable bonds is 5. The molecule has 2 aliphatic heterocycles. The van der Waals surface area contributed by atoms with Crippen LogP contribution in [0, 0.1) is 0 Å². The van der Waals surface area contributed by atoms with Crippen LogP contribution in [0.15, 0.2) is 39.9 Å². The number of hydrogen-bond acceptors (Lipinski definition) is 7. The van der Waals surface area contributed by atoms with E-state index in [-0.39, 0.29) is 22.1 Å². The third-order valence-corrected chi connectivity index (χ3v) is 5.50. The molecular formula is C15H15NO6S2. The smallest absolute Gasteiger partial charge is 0.361 e. The lowest BCUT2D eigenvalue weighted by Gasteiger charge is -2.33. The molecule has 1 aromatic carbocycles. The summed E-state index contributed by atoms with van der Waals surface area (Å²) in [7, 11) is -1.10. The number of esters is 1. The highest BCUT2D eigenvalue weighted by Gasteiger charge is 2.50. The molecule has 0 saturated carbocycles. The highest BCUT2D eigenvalue weighted by atomic mass is 32.2. The summed E-state index contributed by atoms with van der Waals surface area (Å²) in [5.74, 6) is -0.557. The minimum atomic E-state index is -1.29. The summed E-state index contributed by atoms with van der Waals surface area (Å²) >= 11 is 1.25. The van der Waals surface area contributed by atoms with E-state index in [0.717, 1.165) is 0 Å². The standard InChI is InChI=1S/C15H15NO6S2/c1-8(17)21-14(19)13-15(23-12-7-11(18)16(12)13)22-9-3-5-10(6-4-9)24(2)20/h3-6,8,12,17H,7H2,1-2H3/t8-,12-,24?/m1/s1. The van der Waals surface area contributed by atoms with Crippen molar-refractivity contribution in [2.75, 3.05) is 6.26 Å². The van der Waals surface area contributed by atoms with Crippen LogP contribution in [0.5, 0.6) is 5.75 Å². The zero-order chi connectivity index (χ0) is 17.4. The molecule has 0 radical (unpaired) electrons. The summed E-state index contributed by atoms with van der Waals surface area (Å²) in [4.78, 5) is 25.9. The van der Waals surface area contributed by atoms with E-state index in [1.165, 1.54) is 23.6 Å². The Kier molecular flexibility index (Phi) is 4.66. The van der Waals surface area contributed by atoms with Crippen LogP contribution in [-0.2, 0) is 25.1 Å². The molecule has 1 N–H and O–H groups in total. The van der Waals surface area contributed by atoms with E-state index >= 15 is 0 Å². The van der Waals surface area contributed by atoms with Crippen LogP contribution in [0.1, 0.15) is 13.3 Å². The van der Waals surface area contributed by atoms with Crippen LogP contribution in [0.3, 0.4) is 0 Å². The van der Waals surface area contributed by atoms with Gasteiger partial charge in [0.05, 0.1) is 11.8 Å². The van der Waals surface area contributed by atoms with Crippen LogP contribution in [0.4, 0.5) is 0 Å². The number of hydrogen-bond donors (Lipinski definition) is 1. The lowest BCUT2D eigenvalue weighted by molar-refractivity contribution is -0.165. The second-order valence-corrected chi connectivity index (χ2v) is 7.74. The number of benzene rings is 1. The normalized spacial score (nSPS) is 21.9. The zero-order valence-electron chi connectivity index (χ0n) is 12.9. The Morgan fingerprint density at radius 3 is 2.62 bits per heavy atom. The number of carbonyl (C=O) groups excluding carboxylic acids is 2. The summed E-state index contributed by atoms with van der Waals surface area (Å²) in [5.41, 5.74) is 0.00490. The molecule has 128 valence electrons. The van der Waals surface area contributed by atoms with Crippen LogP contribution < -0.4 is 4.74 Å². The van der Waals surface area contributed by atoms with Crippen LogP contribution in [-0.4, -0.2) is 44.0 Å². The highest BCUT2D eigenvalue weighted by molar-refractivity contribution is 8.03. The lowest BCUT2D eigenvalue weighted by atomic mass is 10.2. The van der Waals surface area contributed by atoms with Gasteiger partial charge in [0.1, 0.15) is 5.75 Å². The van der Waals surface area contributed by atoms with Gasteiger partial charge in [0.15, 0.2) is 17.1 Å². The Hall–Kier alpha value is -1.84. The second-order valence-electron chi connectivity index (χ2n) is 5.21. The van der Waals surface area contributed by atoms with Gasteiger partial charge in [0, 0.05) is 22.0 Å². The Bertz CT molecular complexity index is 743. The number of nitrogens with zero attached hydrogens (tertiary/aromatic N) is 1. The van der Waals surface area contributed by atoms with Gasteiger partial charge in [-0.25, -0.2) is 4.79 Å². The number of carbonyl (C=O) groups is 2. The van der Waals surface area contributed by atoms with E-state index in [9.17, 15) is 18.9 Å². The first-order valence-corrected chi connectivity index (χ1v) is 9.54. The van der Waals surface area contributed by atoms with Crippen molar-refractivity contribution in [2.45, 2.75) is 29.9 Å². The number of ether oxygens (including phenoxy) is 2. The molecule has 7 nitrogen and oxygen atoms in total. The van der Waals surface area contributed by atoms with E-state index in [0.29, 0.717) is 17.1 Å². The van der Waals surface area contributed by atoms with Crippen LogP contribution in [0.2, 0.25) is 0 Å². The number of β-lactam (4-membered cyclic amide) rings is 1. The summed E-state index contributed by atoms with van der Waals surface area (Å²) in [5, 5.41) is 9.30. The maximum atomic E-state index is 12.2. The lowest BCUT2D eigenvalue weighted by Crippen LogP contribution is -2.48. The first-order valence-electron chi connectivity index (χ1n) is 7.10. The number of aliphatic hydroxyl groups is 1. The largest absolute Gasteiger partial charge is 0.448 e. The van der Waals surface area contributed by atoms with Crippen molar-refractivity contribution < 1.29 is 28.4 Å². The Balaban J connectivity index is 1.86. The Morgan fingerprint density at radius 2 is 2.08 bits per heavy atom. The molecule has 2 heterocycles. The minimum absolute atomic E-state index is 0.00490. The quantitative estimate of drug-likeness (QED) is 0.473. The van der Waals surface area contributed by atoms with Crippen molar-refractivity contribution in [3.63, 3.8) is 0 Å². The van der Waals surface area contributed by atoms with Gasteiger partial charge in [0.2, 0.25) is 5.91 Å². The third kappa shape index (κ3) is 3.19. The minimum Gasteiger partial charge on any atom is -0.448 e. The van der Waals surface area contributed by atoms with Gasteiger partial charge < -0.3 is 14.6 Å². The highest BCUT2D eigenvalue weighted by Crippen LogP contribution is 2.47. The molecule has 1 saturated heterocycles. The van der Waals surface area contributed by atoms with Gasteiger partial charge >= 0.3 is 5.97 Å². The number of fused-ring (bicyclic) bond motifs is 1. The van der Waals surface area contributed by atoms with Gasteiger partial charge in [-0.05, 0) is 31.2 Å². The van der Waals surface area contributed by atoms with Crippen molar-refractivity contribution in [3.05, 3.63) is 35.1 Å². The van der Waals surface area contributed by atoms with E-state index in [4.69, 9.17) is 9.47 Å². The fraction of sp³-hybridized carbons (Fsp3) is 0.333. The maximum Gasteiger partial charge on any atom is 0.361 e. The van der Waals surface area contributed by atoms with Gasteiger partial charge in [-0.2, -0.15) is 0 Å². The van der Waals surface area contributed by atoms with Gasteiger partial charge in [0.25, 0.3) is 0 Å². The molecule has 1 unspecified atom stereocenters. The predicted molar refractivity (Wildman–Crippen MR) is 87.0 cm³/mol. The van der Waals surface area contributed by atoms with Crippen molar-refractivity contribution in [1.82, 2.24) is 4.90 Å².